The van der Waals surface area contributed by atoms with Crippen molar-refractivity contribution in [3.05, 3.63) is 51.5 Å². The molecule has 1 atom stereocenters. The fourth-order valence-electron chi connectivity index (χ4n) is 2.76. The molecule has 1 N–H and O–H groups in total. The molecule has 21 heavy (non-hydrogen) atoms. The average Bonchev–Trinajstić information content (AvgIpc) is 2.89. The maximum atomic E-state index is 6.02. The van der Waals surface area contributed by atoms with E-state index in [0.29, 0.717) is 6.04 Å². The molecule has 1 unspecified atom stereocenters. The highest BCUT2D eigenvalue weighted by atomic mass is 79.9. The number of aryl methyl sites for hydroxylation is 1. The van der Waals surface area contributed by atoms with Crippen LogP contribution in [0.5, 0.6) is 0 Å². The number of aromatic nitrogens is 2. The van der Waals surface area contributed by atoms with Crippen molar-refractivity contribution in [2.24, 2.45) is 7.05 Å². The van der Waals surface area contributed by atoms with Crippen LogP contribution in [0.1, 0.15) is 17.4 Å². The first-order valence-electron chi connectivity index (χ1n) is 7.01. The molecule has 1 saturated heterocycles. The van der Waals surface area contributed by atoms with Gasteiger partial charge in [0, 0.05) is 55.1 Å². The molecule has 1 fully saturated rings. The minimum atomic E-state index is 0.293. The summed E-state index contributed by atoms with van der Waals surface area (Å²) in [5.41, 5.74) is 1.25. The molecule has 1 aliphatic rings. The third-order valence-corrected chi connectivity index (χ3v) is 4.87. The maximum Gasteiger partial charge on any atom is 0.127 e. The molecule has 0 spiro atoms. The van der Waals surface area contributed by atoms with Gasteiger partial charge in [-0.25, -0.2) is 4.98 Å². The van der Waals surface area contributed by atoms with E-state index in [2.05, 4.69) is 41.8 Å². The highest BCUT2D eigenvalue weighted by Crippen LogP contribution is 2.27. The number of benzene rings is 1. The molecule has 0 aliphatic carbocycles. The highest BCUT2D eigenvalue weighted by molar-refractivity contribution is 9.10. The molecule has 4 nitrogen and oxygen atoms in total. The lowest BCUT2D eigenvalue weighted by atomic mass is 10.1. The Morgan fingerprint density at radius 1 is 1.48 bits per heavy atom. The zero-order valence-corrected chi connectivity index (χ0v) is 14.2. The lowest BCUT2D eigenvalue weighted by molar-refractivity contribution is 0.144. The van der Waals surface area contributed by atoms with Gasteiger partial charge in [-0.2, -0.15) is 0 Å². The molecule has 0 saturated carbocycles. The molecule has 2 aromatic rings. The Hall–Kier alpha value is -0.880. The molecule has 0 radical (unpaired) electrons. The summed E-state index contributed by atoms with van der Waals surface area (Å²) in [5.74, 6) is 1.10. The Labute approximate surface area is 138 Å². The number of hydrogen-bond acceptors (Lipinski definition) is 3. The summed E-state index contributed by atoms with van der Waals surface area (Å²) in [6, 6.07) is 6.28. The van der Waals surface area contributed by atoms with Crippen molar-refractivity contribution in [1.29, 1.82) is 0 Å². The van der Waals surface area contributed by atoms with Crippen molar-refractivity contribution in [3.8, 4) is 0 Å². The quantitative estimate of drug-likeness (QED) is 0.903. The van der Waals surface area contributed by atoms with E-state index in [-0.39, 0.29) is 0 Å². The van der Waals surface area contributed by atoms with E-state index in [1.807, 2.05) is 31.6 Å². The zero-order valence-electron chi connectivity index (χ0n) is 11.9. The fraction of sp³-hybridized carbons (Fsp3) is 0.400. The standard InChI is InChI=1S/C15H18BrClN4/c1-20-6-5-19-15(20)14-9-18-4-7-21(14)10-11-2-3-12(17)8-13(11)16/h2-3,5-6,8,14,18H,4,7,9-10H2,1H3. The zero-order chi connectivity index (χ0) is 14.8. The molecule has 1 aliphatic heterocycles. The van der Waals surface area contributed by atoms with Gasteiger partial charge >= 0.3 is 0 Å². The number of halogens is 2. The first-order valence-corrected chi connectivity index (χ1v) is 8.18. The lowest BCUT2D eigenvalue weighted by Crippen LogP contribution is -2.46. The smallest absolute Gasteiger partial charge is 0.127 e. The minimum absolute atomic E-state index is 0.293. The summed E-state index contributed by atoms with van der Waals surface area (Å²) < 4.78 is 3.16. The van der Waals surface area contributed by atoms with Crippen molar-refractivity contribution < 1.29 is 0 Å². The van der Waals surface area contributed by atoms with Gasteiger partial charge in [0.1, 0.15) is 5.82 Å². The van der Waals surface area contributed by atoms with Gasteiger partial charge in [0.2, 0.25) is 0 Å². The van der Waals surface area contributed by atoms with E-state index in [4.69, 9.17) is 11.6 Å². The molecule has 1 aromatic carbocycles. The van der Waals surface area contributed by atoms with Crippen LogP contribution in [-0.4, -0.2) is 34.1 Å². The molecule has 6 heteroatoms. The van der Waals surface area contributed by atoms with Crippen molar-refractivity contribution in [1.82, 2.24) is 19.8 Å². The third kappa shape index (κ3) is 3.31. The highest BCUT2D eigenvalue weighted by Gasteiger charge is 2.27. The summed E-state index contributed by atoms with van der Waals surface area (Å²) in [6.07, 6.45) is 3.86. The summed E-state index contributed by atoms with van der Waals surface area (Å²) in [6.45, 7) is 3.83. The Bertz CT molecular complexity index is 628. The van der Waals surface area contributed by atoms with Gasteiger partial charge in [-0.05, 0) is 17.7 Å². The van der Waals surface area contributed by atoms with E-state index in [9.17, 15) is 0 Å². The van der Waals surface area contributed by atoms with E-state index in [0.717, 1.165) is 41.5 Å². The van der Waals surface area contributed by atoms with Crippen LogP contribution in [0.25, 0.3) is 0 Å². The number of piperazine rings is 1. The van der Waals surface area contributed by atoms with Crippen LogP contribution in [0.2, 0.25) is 5.02 Å². The first-order chi connectivity index (χ1) is 10.1. The first kappa shape index (κ1) is 15.0. The van der Waals surface area contributed by atoms with Gasteiger partial charge in [0.25, 0.3) is 0 Å². The van der Waals surface area contributed by atoms with Gasteiger partial charge in [0.05, 0.1) is 6.04 Å². The Morgan fingerprint density at radius 3 is 3.05 bits per heavy atom. The van der Waals surface area contributed by atoms with Gasteiger partial charge in [-0.3, -0.25) is 4.90 Å². The summed E-state index contributed by atoms with van der Waals surface area (Å²) in [5, 5.41) is 4.22. The van der Waals surface area contributed by atoms with Crippen molar-refractivity contribution in [2.45, 2.75) is 12.6 Å². The van der Waals surface area contributed by atoms with Crippen LogP contribution >= 0.6 is 27.5 Å². The number of nitrogens with zero attached hydrogens (tertiary/aromatic N) is 3. The Kier molecular flexibility index (Phi) is 4.64. The Balaban J connectivity index is 1.83. The fourth-order valence-corrected chi connectivity index (χ4v) is 3.57. The predicted octanol–water partition coefficient (Wildman–Crippen LogP) is 2.98. The van der Waals surface area contributed by atoms with Crippen molar-refractivity contribution in [2.75, 3.05) is 19.6 Å². The molecule has 0 amide bonds. The van der Waals surface area contributed by atoms with E-state index in [1.54, 1.807) is 0 Å². The maximum absolute atomic E-state index is 6.02. The number of nitrogens with one attached hydrogen (secondary N) is 1. The van der Waals surface area contributed by atoms with Crippen LogP contribution in [-0.2, 0) is 13.6 Å². The second kappa shape index (κ2) is 6.48. The van der Waals surface area contributed by atoms with Crippen LogP contribution in [0.15, 0.2) is 35.1 Å². The Morgan fingerprint density at radius 2 is 2.33 bits per heavy atom. The molecular weight excluding hydrogens is 352 g/mol. The molecule has 112 valence electrons. The largest absolute Gasteiger partial charge is 0.337 e. The summed E-state index contributed by atoms with van der Waals surface area (Å²) >= 11 is 9.63. The van der Waals surface area contributed by atoms with E-state index < -0.39 is 0 Å². The van der Waals surface area contributed by atoms with Gasteiger partial charge in [0.15, 0.2) is 0 Å². The van der Waals surface area contributed by atoms with Crippen molar-refractivity contribution in [3.63, 3.8) is 0 Å². The van der Waals surface area contributed by atoms with Gasteiger partial charge in [-0.15, -0.1) is 0 Å². The monoisotopic (exact) mass is 368 g/mol. The summed E-state index contributed by atoms with van der Waals surface area (Å²) in [7, 11) is 2.05. The van der Waals surface area contributed by atoms with Gasteiger partial charge < -0.3 is 9.88 Å². The number of rotatable bonds is 3. The number of hydrogen-bond donors (Lipinski definition) is 1. The van der Waals surface area contributed by atoms with Crippen LogP contribution in [0, 0.1) is 0 Å². The number of imidazole rings is 1. The normalized spacial score (nSPS) is 19.9. The van der Waals surface area contributed by atoms with Crippen LogP contribution in [0.4, 0.5) is 0 Å². The van der Waals surface area contributed by atoms with Crippen molar-refractivity contribution >= 4 is 27.5 Å². The second-order valence-corrected chi connectivity index (χ2v) is 6.61. The molecule has 1 aromatic heterocycles. The molecular formula is C15H18BrClN4. The lowest BCUT2D eigenvalue weighted by Gasteiger charge is -2.36. The van der Waals surface area contributed by atoms with E-state index in [1.165, 1.54) is 5.56 Å². The van der Waals surface area contributed by atoms with E-state index >= 15 is 0 Å². The minimum Gasteiger partial charge on any atom is -0.337 e. The second-order valence-electron chi connectivity index (χ2n) is 5.32. The predicted molar refractivity (Wildman–Crippen MR) is 88.4 cm³/mol. The van der Waals surface area contributed by atoms with Crippen LogP contribution < -0.4 is 5.32 Å². The SMILES string of the molecule is Cn1ccnc1C1CNCCN1Cc1ccc(Cl)cc1Br. The molecule has 2 heterocycles. The average molecular weight is 370 g/mol. The summed E-state index contributed by atoms with van der Waals surface area (Å²) in [4.78, 5) is 6.98. The molecule has 0 bridgehead atoms. The topological polar surface area (TPSA) is 33.1 Å². The van der Waals surface area contributed by atoms with Gasteiger partial charge in [-0.1, -0.05) is 33.6 Å². The van der Waals surface area contributed by atoms with Crippen LogP contribution in [0.3, 0.4) is 0 Å². The third-order valence-electron chi connectivity index (χ3n) is 3.90. The molecule has 3 rings (SSSR count).